The monoisotopic (exact) mass is 340 g/mol. The van der Waals surface area contributed by atoms with Crippen LogP contribution in [0.1, 0.15) is 25.3 Å². The van der Waals surface area contributed by atoms with Gasteiger partial charge in [0.25, 0.3) is 0 Å². The average molecular weight is 341 g/mol. The Morgan fingerprint density at radius 2 is 2.05 bits per heavy atom. The van der Waals surface area contributed by atoms with Gasteiger partial charge in [-0.15, -0.1) is 0 Å². The Morgan fingerprint density at radius 3 is 2.65 bits per heavy atom. The lowest BCUT2D eigenvalue weighted by atomic mass is 10.1. The molecule has 5 heteroatoms. The van der Waals surface area contributed by atoms with Gasteiger partial charge in [-0.3, -0.25) is 4.90 Å². The first-order chi connectivity index (χ1) is 9.67. The molecule has 1 aliphatic rings. The molecule has 0 aromatic carbocycles. The second-order valence-corrected chi connectivity index (χ2v) is 6.22. The number of aryl methyl sites for hydroxylation is 1. The van der Waals surface area contributed by atoms with Crippen LogP contribution in [0, 0.1) is 6.92 Å². The first-order valence-corrected chi connectivity index (χ1v) is 8.26. The van der Waals surface area contributed by atoms with Crippen molar-refractivity contribution < 1.29 is 0 Å². The van der Waals surface area contributed by atoms with Crippen LogP contribution in [0.2, 0.25) is 0 Å². The Kier molecular flexibility index (Phi) is 5.81. The molecule has 1 aromatic heterocycles. The van der Waals surface area contributed by atoms with Crippen LogP contribution in [0.4, 0.5) is 5.82 Å². The SMILES string of the molecule is CCC(CCN)N1CCN(c2nccc(C)c2Br)CC1. The number of rotatable bonds is 5. The minimum absolute atomic E-state index is 0.635. The number of hydrogen-bond acceptors (Lipinski definition) is 4. The molecule has 1 unspecified atom stereocenters. The normalized spacial score (nSPS) is 18.3. The van der Waals surface area contributed by atoms with Crippen molar-refractivity contribution >= 4 is 21.7 Å². The molecule has 0 aliphatic carbocycles. The molecule has 1 atom stereocenters. The molecule has 112 valence electrons. The topological polar surface area (TPSA) is 45.4 Å². The maximum absolute atomic E-state index is 5.71. The van der Waals surface area contributed by atoms with Crippen molar-refractivity contribution in [2.24, 2.45) is 5.73 Å². The molecule has 0 saturated carbocycles. The molecule has 1 aromatic rings. The number of hydrogen-bond donors (Lipinski definition) is 1. The van der Waals surface area contributed by atoms with Crippen LogP contribution in [0.15, 0.2) is 16.7 Å². The van der Waals surface area contributed by atoms with E-state index in [1.165, 1.54) is 12.0 Å². The third-order valence-electron chi connectivity index (χ3n) is 4.17. The van der Waals surface area contributed by atoms with E-state index in [1.807, 2.05) is 12.3 Å². The molecule has 0 amide bonds. The van der Waals surface area contributed by atoms with Gasteiger partial charge in [0.2, 0.25) is 0 Å². The molecular weight excluding hydrogens is 316 g/mol. The van der Waals surface area contributed by atoms with Crippen LogP contribution in [-0.2, 0) is 0 Å². The summed E-state index contributed by atoms with van der Waals surface area (Å²) >= 11 is 3.66. The molecule has 2 N–H and O–H groups in total. The fourth-order valence-corrected chi connectivity index (χ4v) is 3.37. The second kappa shape index (κ2) is 7.38. The molecular formula is C15H25BrN4. The van der Waals surface area contributed by atoms with Gasteiger partial charge in [0.05, 0.1) is 4.47 Å². The van der Waals surface area contributed by atoms with Crippen LogP contribution in [0.5, 0.6) is 0 Å². The summed E-state index contributed by atoms with van der Waals surface area (Å²) in [6.45, 7) is 9.42. The predicted molar refractivity (Wildman–Crippen MR) is 88.2 cm³/mol. The van der Waals surface area contributed by atoms with Crippen LogP contribution in [0.3, 0.4) is 0 Å². The highest BCUT2D eigenvalue weighted by molar-refractivity contribution is 9.10. The lowest BCUT2D eigenvalue weighted by Gasteiger charge is -2.39. The lowest BCUT2D eigenvalue weighted by Crippen LogP contribution is -2.51. The van der Waals surface area contributed by atoms with E-state index in [1.54, 1.807) is 0 Å². The highest BCUT2D eigenvalue weighted by Gasteiger charge is 2.24. The van der Waals surface area contributed by atoms with E-state index in [0.29, 0.717) is 6.04 Å². The molecule has 2 heterocycles. The molecule has 0 bridgehead atoms. The van der Waals surface area contributed by atoms with Crippen LogP contribution in [0.25, 0.3) is 0 Å². The van der Waals surface area contributed by atoms with E-state index in [2.05, 4.69) is 44.6 Å². The average Bonchev–Trinajstić information content (AvgIpc) is 2.48. The molecule has 4 nitrogen and oxygen atoms in total. The maximum atomic E-state index is 5.71. The summed E-state index contributed by atoms with van der Waals surface area (Å²) in [5, 5.41) is 0. The summed E-state index contributed by atoms with van der Waals surface area (Å²) in [6.07, 6.45) is 4.18. The Balaban J connectivity index is 1.99. The van der Waals surface area contributed by atoms with Gasteiger partial charge in [0.15, 0.2) is 0 Å². The largest absolute Gasteiger partial charge is 0.353 e. The summed E-state index contributed by atoms with van der Waals surface area (Å²) in [7, 11) is 0. The van der Waals surface area contributed by atoms with Gasteiger partial charge in [-0.1, -0.05) is 6.92 Å². The summed E-state index contributed by atoms with van der Waals surface area (Å²) in [5.41, 5.74) is 6.96. The zero-order chi connectivity index (χ0) is 14.5. The summed E-state index contributed by atoms with van der Waals surface area (Å²) < 4.78 is 1.13. The number of nitrogens with zero attached hydrogens (tertiary/aromatic N) is 3. The zero-order valence-corrected chi connectivity index (χ0v) is 14.1. The third kappa shape index (κ3) is 3.51. The van der Waals surface area contributed by atoms with Crippen LogP contribution in [-0.4, -0.2) is 48.6 Å². The number of anilines is 1. The molecule has 0 radical (unpaired) electrons. The lowest BCUT2D eigenvalue weighted by molar-refractivity contribution is 0.173. The van der Waals surface area contributed by atoms with Crippen molar-refractivity contribution in [2.45, 2.75) is 32.7 Å². The smallest absolute Gasteiger partial charge is 0.143 e. The van der Waals surface area contributed by atoms with Crippen molar-refractivity contribution in [3.63, 3.8) is 0 Å². The number of aromatic nitrogens is 1. The standard InChI is InChI=1S/C15H25BrN4/c1-3-13(4-6-17)19-8-10-20(11-9-19)15-14(16)12(2)5-7-18-15/h5,7,13H,3-4,6,8-11,17H2,1-2H3. The van der Waals surface area contributed by atoms with Gasteiger partial charge in [-0.25, -0.2) is 4.98 Å². The molecule has 1 saturated heterocycles. The van der Waals surface area contributed by atoms with Crippen molar-refractivity contribution in [1.29, 1.82) is 0 Å². The van der Waals surface area contributed by atoms with Crippen molar-refractivity contribution in [1.82, 2.24) is 9.88 Å². The number of pyridine rings is 1. The Hall–Kier alpha value is -0.650. The highest BCUT2D eigenvalue weighted by atomic mass is 79.9. The van der Waals surface area contributed by atoms with E-state index in [-0.39, 0.29) is 0 Å². The minimum Gasteiger partial charge on any atom is -0.353 e. The summed E-state index contributed by atoms with van der Waals surface area (Å²) in [6, 6.07) is 2.68. The van der Waals surface area contributed by atoms with Crippen molar-refractivity contribution in [2.75, 3.05) is 37.6 Å². The fraction of sp³-hybridized carbons (Fsp3) is 0.667. The highest BCUT2D eigenvalue weighted by Crippen LogP contribution is 2.27. The second-order valence-electron chi connectivity index (χ2n) is 5.43. The zero-order valence-electron chi connectivity index (χ0n) is 12.5. The summed E-state index contributed by atoms with van der Waals surface area (Å²) in [4.78, 5) is 9.48. The van der Waals surface area contributed by atoms with E-state index in [0.717, 1.165) is 49.4 Å². The molecule has 2 rings (SSSR count). The quantitative estimate of drug-likeness (QED) is 0.893. The molecule has 0 spiro atoms. The van der Waals surface area contributed by atoms with E-state index >= 15 is 0 Å². The van der Waals surface area contributed by atoms with E-state index in [4.69, 9.17) is 5.73 Å². The Bertz CT molecular complexity index is 430. The number of nitrogens with two attached hydrogens (primary N) is 1. The van der Waals surface area contributed by atoms with Crippen LogP contribution >= 0.6 is 15.9 Å². The van der Waals surface area contributed by atoms with Gasteiger partial charge >= 0.3 is 0 Å². The predicted octanol–water partition coefficient (Wildman–Crippen LogP) is 2.40. The van der Waals surface area contributed by atoms with Gasteiger partial charge < -0.3 is 10.6 Å². The Labute approximate surface area is 130 Å². The first-order valence-electron chi connectivity index (χ1n) is 7.47. The molecule has 1 fully saturated rings. The molecule has 20 heavy (non-hydrogen) atoms. The van der Waals surface area contributed by atoms with Crippen molar-refractivity contribution in [3.8, 4) is 0 Å². The summed E-state index contributed by atoms with van der Waals surface area (Å²) in [5.74, 6) is 1.08. The Morgan fingerprint density at radius 1 is 1.35 bits per heavy atom. The number of halogens is 1. The third-order valence-corrected chi connectivity index (χ3v) is 5.15. The van der Waals surface area contributed by atoms with Gasteiger partial charge in [-0.05, 0) is 53.9 Å². The van der Waals surface area contributed by atoms with Gasteiger partial charge in [-0.2, -0.15) is 0 Å². The van der Waals surface area contributed by atoms with Crippen LogP contribution < -0.4 is 10.6 Å². The van der Waals surface area contributed by atoms with Gasteiger partial charge in [0.1, 0.15) is 5.82 Å². The maximum Gasteiger partial charge on any atom is 0.143 e. The fourth-order valence-electron chi connectivity index (χ4n) is 2.88. The number of piperazine rings is 1. The molecule has 1 aliphatic heterocycles. The minimum atomic E-state index is 0.635. The van der Waals surface area contributed by atoms with Gasteiger partial charge in [0, 0.05) is 38.4 Å². The van der Waals surface area contributed by atoms with Crippen molar-refractivity contribution in [3.05, 3.63) is 22.3 Å². The van der Waals surface area contributed by atoms with E-state index < -0.39 is 0 Å². The van der Waals surface area contributed by atoms with E-state index in [9.17, 15) is 0 Å². The first kappa shape index (κ1) is 15.7.